The molecule has 0 N–H and O–H groups in total. The fourth-order valence-electron chi connectivity index (χ4n) is 1.88. The first-order valence-corrected chi connectivity index (χ1v) is 6.04. The lowest BCUT2D eigenvalue weighted by molar-refractivity contribution is -0.274. The second kappa shape index (κ2) is 5.98. The van der Waals surface area contributed by atoms with E-state index in [1.807, 2.05) is 0 Å². The molecule has 114 valence electrons. The van der Waals surface area contributed by atoms with E-state index in [1.54, 1.807) is 0 Å². The van der Waals surface area contributed by atoms with E-state index in [0.717, 1.165) is 18.2 Å². The molecule has 2 aromatic carbocycles. The summed E-state index contributed by atoms with van der Waals surface area (Å²) in [6.07, 6.45) is 0.355. The molecule has 0 amide bonds. The minimum absolute atomic E-state index is 0.0588. The van der Waals surface area contributed by atoms with Gasteiger partial charge in [0.1, 0.15) is 17.3 Å². The predicted octanol–water partition coefficient (Wildman–Crippen LogP) is 4.38. The largest absolute Gasteiger partial charge is 0.573 e. The maximum atomic E-state index is 13.9. The van der Waals surface area contributed by atoms with E-state index in [-0.39, 0.29) is 16.7 Å². The highest BCUT2D eigenvalue weighted by atomic mass is 19.4. The molecule has 0 heterocycles. The Morgan fingerprint density at radius 3 is 2.36 bits per heavy atom. The van der Waals surface area contributed by atoms with Crippen LogP contribution in [0.5, 0.6) is 11.5 Å². The summed E-state index contributed by atoms with van der Waals surface area (Å²) in [6, 6.07) is 7.42. The number of benzene rings is 2. The molecule has 6 heteroatoms. The summed E-state index contributed by atoms with van der Waals surface area (Å²) in [6.45, 7) is 0. The predicted molar refractivity (Wildman–Crippen MR) is 73.0 cm³/mol. The van der Waals surface area contributed by atoms with Gasteiger partial charge in [0, 0.05) is 11.1 Å². The SMILES string of the molecule is C#Cc1cc(OC(F)(F)F)cc(-c2cc(OC)ccc2F)c1. The molecular weight excluding hydrogens is 300 g/mol. The van der Waals surface area contributed by atoms with Crippen LogP contribution < -0.4 is 9.47 Å². The molecule has 0 saturated heterocycles. The summed E-state index contributed by atoms with van der Waals surface area (Å²) in [4.78, 5) is 0. The first-order valence-electron chi connectivity index (χ1n) is 6.04. The Balaban J connectivity index is 2.56. The van der Waals surface area contributed by atoms with Crippen LogP contribution in [0.3, 0.4) is 0 Å². The molecule has 0 fully saturated rings. The first-order chi connectivity index (χ1) is 10.3. The molecule has 0 radical (unpaired) electrons. The van der Waals surface area contributed by atoms with Gasteiger partial charge in [-0.05, 0) is 42.0 Å². The zero-order valence-corrected chi connectivity index (χ0v) is 11.4. The van der Waals surface area contributed by atoms with Crippen LogP contribution in [-0.2, 0) is 0 Å². The van der Waals surface area contributed by atoms with Crippen molar-refractivity contribution in [3.63, 3.8) is 0 Å². The molecule has 0 aliphatic carbocycles. The summed E-state index contributed by atoms with van der Waals surface area (Å²) >= 11 is 0. The van der Waals surface area contributed by atoms with Gasteiger partial charge >= 0.3 is 6.36 Å². The van der Waals surface area contributed by atoms with E-state index in [9.17, 15) is 17.6 Å². The van der Waals surface area contributed by atoms with E-state index in [4.69, 9.17) is 11.2 Å². The van der Waals surface area contributed by atoms with Crippen molar-refractivity contribution in [2.75, 3.05) is 7.11 Å². The van der Waals surface area contributed by atoms with Crippen LogP contribution in [0.1, 0.15) is 5.56 Å². The molecule has 0 atom stereocenters. The van der Waals surface area contributed by atoms with E-state index in [2.05, 4.69) is 10.7 Å². The number of terminal acetylenes is 1. The normalized spacial score (nSPS) is 10.9. The van der Waals surface area contributed by atoms with Crippen LogP contribution in [0.25, 0.3) is 11.1 Å². The summed E-state index contributed by atoms with van der Waals surface area (Å²) < 4.78 is 59.8. The lowest BCUT2D eigenvalue weighted by atomic mass is 10.0. The second-order valence-electron chi connectivity index (χ2n) is 4.28. The molecule has 0 saturated carbocycles. The minimum Gasteiger partial charge on any atom is -0.497 e. The Kier molecular flexibility index (Phi) is 4.27. The fraction of sp³-hybridized carbons (Fsp3) is 0.125. The van der Waals surface area contributed by atoms with E-state index < -0.39 is 17.9 Å². The molecule has 0 bridgehead atoms. The van der Waals surface area contributed by atoms with Gasteiger partial charge in [0.25, 0.3) is 0 Å². The van der Waals surface area contributed by atoms with E-state index in [1.165, 1.54) is 25.3 Å². The van der Waals surface area contributed by atoms with Crippen LogP contribution in [0.2, 0.25) is 0 Å². The summed E-state index contributed by atoms with van der Waals surface area (Å²) in [5, 5.41) is 0. The first kappa shape index (κ1) is 15.7. The number of hydrogen-bond donors (Lipinski definition) is 0. The van der Waals surface area contributed by atoms with Crippen LogP contribution in [0.4, 0.5) is 17.6 Å². The quantitative estimate of drug-likeness (QED) is 0.618. The van der Waals surface area contributed by atoms with Crippen molar-refractivity contribution in [2.24, 2.45) is 0 Å². The molecule has 0 aromatic heterocycles. The lowest BCUT2D eigenvalue weighted by Crippen LogP contribution is -2.17. The molecule has 2 nitrogen and oxygen atoms in total. The van der Waals surface area contributed by atoms with Crippen LogP contribution in [0.15, 0.2) is 36.4 Å². The monoisotopic (exact) mass is 310 g/mol. The molecule has 0 spiro atoms. The number of halogens is 4. The van der Waals surface area contributed by atoms with Gasteiger partial charge in [0.15, 0.2) is 0 Å². The van der Waals surface area contributed by atoms with Crippen LogP contribution in [0, 0.1) is 18.2 Å². The van der Waals surface area contributed by atoms with Crippen LogP contribution >= 0.6 is 0 Å². The van der Waals surface area contributed by atoms with E-state index in [0.29, 0.717) is 5.75 Å². The average molecular weight is 310 g/mol. The molecule has 0 unspecified atom stereocenters. The standard InChI is InChI=1S/C16H10F4O2/c1-3-10-6-11(8-13(7-10)22-16(18,19)20)14-9-12(21-2)4-5-15(14)17/h1,4-9H,2H3. The topological polar surface area (TPSA) is 18.5 Å². The van der Waals surface area contributed by atoms with Crippen molar-refractivity contribution in [2.45, 2.75) is 6.36 Å². The molecule has 22 heavy (non-hydrogen) atoms. The molecule has 0 aliphatic rings. The highest BCUT2D eigenvalue weighted by Gasteiger charge is 2.31. The average Bonchev–Trinajstić information content (AvgIpc) is 2.45. The Morgan fingerprint density at radius 1 is 1.05 bits per heavy atom. The van der Waals surface area contributed by atoms with Gasteiger partial charge < -0.3 is 9.47 Å². The second-order valence-corrected chi connectivity index (χ2v) is 4.28. The highest BCUT2D eigenvalue weighted by Crippen LogP contribution is 2.32. The van der Waals surface area contributed by atoms with Gasteiger partial charge in [-0.25, -0.2) is 4.39 Å². The van der Waals surface area contributed by atoms with Crippen molar-refractivity contribution >= 4 is 0 Å². The molecule has 2 rings (SSSR count). The van der Waals surface area contributed by atoms with Crippen molar-refractivity contribution in [3.8, 4) is 35.0 Å². The fourth-order valence-corrected chi connectivity index (χ4v) is 1.88. The number of alkyl halides is 3. The van der Waals surface area contributed by atoms with Gasteiger partial charge in [-0.2, -0.15) is 0 Å². The molecule has 0 aliphatic heterocycles. The lowest BCUT2D eigenvalue weighted by Gasteiger charge is -2.12. The zero-order valence-electron chi connectivity index (χ0n) is 11.4. The maximum absolute atomic E-state index is 13.9. The van der Waals surface area contributed by atoms with Crippen molar-refractivity contribution < 1.29 is 27.0 Å². The van der Waals surface area contributed by atoms with Gasteiger partial charge in [-0.3, -0.25) is 0 Å². The van der Waals surface area contributed by atoms with Gasteiger partial charge in [0.05, 0.1) is 7.11 Å². The third kappa shape index (κ3) is 3.70. The summed E-state index contributed by atoms with van der Waals surface area (Å²) in [5.41, 5.74) is 0.355. The van der Waals surface area contributed by atoms with Crippen molar-refractivity contribution in [1.29, 1.82) is 0 Å². The molecular formula is C16H10F4O2. The minimum atomic E-state index is -4.86. The third-order valence-electron chi connectivity index (χ3n) is 2.79. The Labute approximate surface area is 124 Å². The van der Waals surface area contributed by atoms with Crippen molar-refractivity contribution in [3.05, 3.63) is 47.8 Å². The van der Waals surface area contributed by atoms with Gasteiger partial charge in [-0.1, -0.05) is 5.92 Å². The Morgan fingerprint density at radius 2 is 1.77 bits per heavy atom. The summed E-state index contributed by atoms with van der Waals surface area (Å²) in [7, 11) is 1.40. The van der Waals surface area contributed by atoms with Crippen LogP contribution in [-0.4, -0.2) is 13.5 Å². The Hall–Kier alpha value is -2.68. The third-order valence-corrected chi connectivity index (χ3v) is 2.79. The Bertz CT molecular complexity index is 730. The number of ether oxygens (including phenoxy) is 2. The highest BCUT2D eigenvalue weighted by molar-refractivity contribution is 5.69. The zero-order chi connectivity index (χ0) is 16.3. The smallest absolute Gasteiger partial charge is 0.497 e. The number of rotatable bonds is 3. The van der Waals surface area contributed by atoms with Gasteiger partial charge in [0.2, 0.25) is 0 Å². The number of hydrogen-bond acceptors (Lipinski definition) is 2. The number of methoxy groups -OCH3 is 1. The van der Waals surface area contributed by atoms with E-state index >= 15 is 0 Å². The molecule has 2 aromatic rings. The maximum Gasteiger partial charge on any atom is 0.573 e. The van der Waals surface area contributed by atoms with Gasteiger partial charge in [-0.15, -0.1) is 19.6 Å². The van der Waals surface area contributed by atoms with Crippen molar-refractivity contribution in [1.82, 2.24) is 0 Å². The summed E-state index contributed by atoms with van der Waals surface area (Å²) in [5.74, 6) is 1.44.